The van der Waals surface area contributed by atoms with Gasteiger partial charge in [0.15, 0.2) is 11.6 Å². The smallest absolute Gasteiger partial charge is 0.190 e. The average molecular weight is 423 g/mol. The molecule has 3 saturated carbocycles. The van der Waals surface area contributed by atoms with E-state index in [0.29, 0.717) is 38.5 Å². The lowest BCUT2D eigenvalue weighted by Gasteiger charge is -2.64. The zero-order valence-electron chi connectivity index (χ0n) is 18.5. The van der Waals surface area contributed by atoms with Gasteiger partial charge in [0.25, 0.3) is 0 Å². The summed E-state index contributed by atoms with van der Waals surface area (Å²) in [5.41, 5.74) is -3.83. The summed E-state index contributed by atoms with van der Waals surface area (Å²) in [7, 11) is 0. The van der Waals surface area contributed by atoms with E-state index in [0.717, 1.165) is 5.57 Å². The lowest BCUT2D eigenvalue weighted by molar-refractivity contribution is -0.238. The number of ketones is 2. The van der Waals surface area contributed by atoms with Gasteiger partial charge in [0.05, 0.1) is 12.2 Å². The molecular formula is C24H35FO5. The molecule has 0 aromatic heterocycles. The lowest BCUT2D eigenvalue weighted by Crippen LogP contribution is -2.70. The van der Waals surface area contributed by atoms with Crippen LogP contribution in [0.5, 0.6) is 0 Å². The van der Waals surface area contributed by atoms with Crippen molar-refractivity contribution in [3.8, 4) is 0 Å². The van der Waals surface area contributed by atoms with Gasteiger partial charge in [-0.3, -0.25) is 9.59 Å². The molecule has 0 aromatic rings. The monoisotopic (exact) mass is 422 g/mol. The van der Waals surface area contributed by atoms with Crippen molar-refractivity contribution in [3.05, 3.63) is 11.6 Å². The Kier molecular flexibility index (Phi) is 5.11. The highest BCUT2D eigenvalue weighted by Gasteiger charge is 2.75. The second-order valence-electron chi connectivity index (χ2n) is 10.7. The minimum Gasteiger partial charge on any atom is -0.390 e. The maximum atomic E-state index is 17.1. The molecule has 3 fully saturated rings. The number of fused-ring (bicyclic) bond motifs is 5. The van der Waals surface area contributed by atoms with Crippen molar-refractivity contribution in [3.63, 3.8) is 0 Å². The predicted octanol–water partition coefficient (Wildman–Crippen LogP) is 3.31. The Bertz CT molecular complexity index is 792. The van der Waals surface area contributed by atoms with Gasteiger partial charge >= 0.3 is 0 Å². The van der Waals surface area contributed by atoms with Crippen LogP contribution in [-0.2, 0) is 14.3 Å². The second kappa shape index (κ2) is 6.94. The molecule has 168 valence electrons. The van der Waals surface area contributed by atoms with Crippen LogP contribution in [0.25, 0.3) is 0 Å². The van der Waals surface area contributed by atoms with Crippen molar-refractivity contribution in [2.45, 2.75) is 96.1 Å². The summed E-state index contributed by atoms with van der Waals surface area (Å²) in [5.74, 6) is -0.870. The van der Waals surface area contributed by atoms with Gasteiger partial charge in [0.1, 0.15) is 17.9 Å². The van der Waals surface area contributed by atoms with Crippen LogP contribution in [0, 0.1) is 22.7 Å². The van der Waals surface area contributed by atoms with E-state index in [-0.39, 0.29) is 30.0 Å². The van der Waals surface area contributed by atoms with Crippen LogP contribution in [0.15, 0.2) is 11.6 Å². The highest BCUT2D eigenvalue weighted by molar-refractivity contribution is 5.92. The molecule has 2 N–H and O–H groups in total. The normalized spacial score (nSPS) is 48.1. The van der Waals surface area contributed by atoms with Gasteiger partial charge in [-0.15, -0.1) is 0 Å². The molecule has 0 heterocycles. The number of Topliss-reactive ketones (excluding diaryl/α,β-unsaturated/α-hetero) is 1. The summed E-state index contributed by atoms with van der Waals surface area (Å²) < 4.78 is 23.3. The molecule has 4 aliphatic carbocycles. The van der Waals surface area contributed by atoms with Crippen molar-refractivity contribution < 1.29 is 28.9 Å². The fourth-order valence-corrected chi connectivity index (χ4v) is 7.81. The van der Waals surface area contributed by atoms with E-state index in [9.17, 15) is 19.8 Å². The van der Waals surface area contributed by atoms with Gasteiger partial charge in [-0.25, -0.2) is 4.39 Å². The molecule has 0 spiro atoms. The predicted molar refractivity (Wildman–Crippen MR) is 109 cm³/mol. The van der Waals surface area contributed by atoms with Crippen molar-refractivity contribution in [1.29, 1.82) is 0 Å². The largest absolute Gasteiger partial charge is 0.390 e. The zero-order chi connectivity index (χ0) is 22.1. The van der Waals surface area contributed by atoms with Gasteiger partial charge in [-0.05, 0) is 64.4 Å². The summed E-state index contributed by atoms with van der Waals surface area (Å²) >= 11 is 0. The van der Waals surface area contributed by atoms with Crippen LogP contribution in [0.1, 0.15) is 72.6 Å². The van der Waals surface area contributed by atoms with E-state index in [1.807, 2.05) is 27.7 Å². The molecule has 0 amide bonds. The summed E-state index contributed by atoms with van der Waals surface area (Å²) in [4.78, 5) is 25.0. The van der Waals surface area contributed by atoms with Gasteiger partial charge < -0.3 is 14.9 Å². The van der Waals surface area contributed by atoms with Crippen LogP contribution in [0.4, 0.5) is 4.39 Å². The van der Waals surface area contributed by atoms with Gasteiger partial charge in [-0.1, -0.05) is 19.4 Å². The maximum absolute atomic E-state index is 17.1. The zero-order valence-corrected chi connectivity index (χ0v) is 18.5. The van der Waals surface area contributed by atoms with Gasteiger partial charge in [0.2, 0.25) is 0 Å². The Morgan fingerprint density at radius 2 is 1.93 bits per heavy atom. The molecule has 0 aliphatic heterocycles. The highest BCUT2D eigenvalue weighted by Crippen LogP contribution is 2.71. The molecule has 6 heteroatoms. The quantitative estimate of drug-likeness (QED) is 0.726. The maximum Gasteiger partial charge on any atom is 0.190 e. The van der Waals surface area contributed by atoms with Crippen LogP contribution in [0.2, 0.25) is 0 Å². The first-order chi connectivity index (χ1) is 14.0. The van der Waals surface area contributed by atoms with Gasteiger partial charge in [0, 0.05) is 23.2 Å². The number of carbonyl (C=O) groups excluding carboxylic acids is 2. The van der Waals surface area contributed by atoms with E-state index in [4.69, 9.17) is 4.74 Å². The second-order valence-corrected chi connectivity index (χ2v) is 10.7. The lowest BCUT2D eigenvalue weighted by atomic mass is 9.44. The Hall–Kier alpha value is -1.11. The molecule has 0 saturated heterocycles. The molecule has 7 atom stereocenters. The topological polar surface area (TPSA) is 83.8 Å². The Labute approximate surface area is 178 Å². The average Bonchev–Trinajstić information content (AvgIpc) is 2.95. The number of aliphatic hydroxyl groups excluding tert-OH is 2. The number of hydrogen-bond acceptors (Lipinski definition) is 5. The fourth-order valence-electron chi connectivity index (χ4n) is 7.81. The first-order valence-corrected chi connectivity index (χ1v) is 11.4. The molecule has 30 heavy (non-hydrogen) atoms. The molecule has 0 radical (unpaired) electrons. The first-order valence-electron chi connectivity index (χ1n) is 11.4. The van der Waals surface area contributed by atoms with Gasteiger partial charge in [-0.2, -0.15) is 0 Å². The molecular weight excluding hydrogens is 387 g/mol. The van der Waals surface area contributed by atoms with E-state index < -0.39 is 40.7 Å². The molecule has 0 bridgehead atoms. The first kappa shape index (κ1) is 22.1. The number of rotatable bonds is 4. The van der Waals surface area contributed by atoms with E-state index in [1.165, 1.54) is 0 Å². The third kappa shape index (κ3) is 2.56. The van der Waals surface area contributed by atoms with Crippen LogP contribution < -0.4 is 0 Å². The SMILES string of the molecule is CC(C)O[C@]1(C(=O)CO)CC[C@H]2[C@@H]3CCC4=CC(=O)CC[C@]4(C)[C@@]3(F)[C@@H](O)C[C@@]21C. The van der Waals surface area contributed by atoms with Crippen LogP contribution in [-0.4, -0.2) is 51.9 Å². The Morgan fingerprint density at radius 1 is 1.23 bits per heavy atom. The van der Waals surface area contributed by atoms with Crippen molar-refractivity contribution >= 4 is 11.6 Å². The van der Waals surface area contributed by atoms with Crippen molar-refractivity contribution in [2.75, 3.05) is 6.61 Å². The number of carbonyl (C=O) groups is 2. The number of halogens is 1. The summed E-state index contributed by atoms with van der Waals surface area (Å²) in [6.45, 7) is 6.92. The number of hydrogen-bond donors (Lipinski definition) is 2. The summed E-state index contributed by atoms with van der Waals surface area (Å²) in [6.07, 6.45) is 3.20. The molecule has 4 rings (SSSR count). The minimum atomic E-state index is -1.84. The highest BCUT2D eigenvalue weighted by atomic mass is 19.1. The third-order valence-electron chi connectivity index (χ3n) is 9.19. The molecule has 0 aromatic carbocycles. The van der Waals surface area contributed by atoms with Crippen molar-refractivity contribution in [2.24, 2.45) is 22.7 Å². The number of aliphatic hydroxyl groups is 2. The molecule has 4 aliphatic rings. The van der Waals surface area contributed by atoms with E-state index in [2.05, 4.69) is 0 Å². The summed E-state index contributed by atoms with van der Waals surface area (Å²) in [6, 6.07) is 0. The standard InChI is InChI=1S/C24H35FO5/c1-14(2)30-23(20(29)13-26)10-8-17-18-6-5-15-11-16(27)7-9-21(15,3)24(18,25)19(28)12-22(17,23)4/h11,14,17-19,26,28H,5-10,12-13H2,1-4H3/t17-,18-,19-,21-,22-,23-,24-/m0/s1. The van der Waals surface area contributed by atoms with Crippen molar-refractivity contribution in [1.82, 2.24) is 0 Å². The Balaban J connectivity index is 1.80. The molecule has 5 nitrogen and oxygen atoms in total. The number of allylic oxidation sites excluding steroid dienone is 1. The van der Waals surface area contributed by atoms with Crippen LogP contribution in [0.3, 0.4) is 0 Å². The van der Waals surface area contributed by atoms with E-state index in [1.54, 1.807) is 6.08 Å². The van der Waals surface area contributed by atoms with Crippen LogP contribution >= 0.6 is 0 Å². The van der Waals surface area contributed by atoms with E-state index >= 15 is 4.39 Å². The Morgan fingerprint density at radius 3 is 2.57 bits per heavy atom. The molecule has 0 unspecified atom stereocenters. The minimum absolute atomic E-state index is 0.0402. The number of ether oxygens (including phenoxy) is 1. The third-order valence-corrected chi connectivity index (χ3v) is 9.19. The summed E-state index contributed by atoms with van der Waals surface area (Å²) in [5, 5.41) is 21.1. The number of alkyl halides is 1. The fraction of sp³-hybridized carbons (Fsp3) is 0.833.